The van der Waals surface area contributed by atoms with Gasteiger partial charge in [0.2, 0.25) is 0 Å². The molecule has 0 amide bonds. The molecule has 0 N–H and O–H groups in total. The summed E-state index contributed by atoms with van der Waals surface area (Å²) in [5, 5.41) is 2.52. The van der Waals surface area contributed by atoms with Gasteiger partial charge in [-0.15, -0.1) is 0 Å². The van der Waals surface area contributed by atoms with Crippen LogP contribution in [0.4, 0.5) is 17.1 Å². The maximum atomic E-state index is 2.69. The predicted octanol–water partition coefficient (Wildman–Crippen LogP) is 17.6. The van der Waals surface area contributed by atoms with E-state index in [4.69, 9.17) is 0 Å². The summed E-state index contributed by atoms with van der Waals surface area (Å²) in [4.78, 5) is 2.60. The molecule has 324 valence electrons. The third-order valence-electron chi connectivity index (χ3n) is 16.1. The van der Waals surface area contributed by atoms with Crippen LogP contribution in [-0.2, 0) is 5.41 Å². The van der Waals surface area contributed by atoms with E-state index in [1.165, 1.54) is 109 Å². The molecule has 9 aromatic carbocycles. The second-order valence-corrected chi connectivity index (χ2v) is 19.9. The van der Waals surface area contributed by atoms with Gasteiger partial charge >= 0.3 is 0 Å². The number of hydrogen-bond donors (Lipinski definition) is 0. The number of benzene rings is 9. The Hall–Kier alpha value is -7.42. The average Bonchev–Trinajstić information content (AvgIpc) is 3.87. The van der Waals surface area contributed by atoms with Crippen molar-refractivity contribution < 1.29 is 0 Å². The van der Waals surface area contributed by atoms with Gasteiger partial charge in [-0.1, -0.05) is 172 Å². The molecule has 0 saturated heterocycles. The topological polar surface area (TPSA) is 8.17 Å². The van der Waals surface area contributed by atoms with Gasteiger partial charge in [0.05, 0.1) is 22.4 Å². The lowest BCUT2D eigenvalue weighted by molar-refractivity contribution is 0.0426. The Morgan fingerprint density at radius 3 is 1.84 bits per heavy atom. The molecule has 2 heteroatoms. The number of anilines is 3. The maximum Gasteiger partial charge on any atom is 0.0543 e. The molecular formula is C65H54N2. The first-order valence-electron chi connectivity index (χ1n) is 24.5. The van der Waals surface area contributed by atoms with Crippen LogP contribution in [-0.4, -0.2) is 4.57 Å². The highest BCUT2D eigenvalue weighted by molar-refractivity contribution is 6.11. The standard InChI is InChI=1S/C65H54N2/c1-43-36-45-38-44(2)65(50(37-43)39-45)59-27-15-12-25-54(59)57-41-56(49-32-35-63-58(40-49)55-26-14-17-29-62(55)66(63)51-22-10-5-11-23-51)64(42-60(57)65)67(52-33-30-47(31-34-52)46-18-6-3-7-19-46)61-28-16-13-24-53(61)48-20-8-4-9-21-48/h3-35,40-45,50H,36-39H2,1-2H3. The third kappa shape index (κ3) is 6.30. The zero-order valence-electron chi connectivity index (χ0n) is 38.3. The molecule has 3 aliphatic carbocycles. The van der Waals surface area contributed by atoms with E-state index in [2.05, 4.69) is 242 Å². The van der Waals surface area contributed by atoms with Crippen LogP contribution in [0, 0.1) is 23.7 Å². The van der Waals surface area contributed by atoms with Gasteiger partial charge in [-0.25, -0.2) is 0 Å². The molecule has 3 aliphatic rings. The smallest absolute Gasteiger partial charge is 0.0543 e. The van der Waals surface area contributed by atoms with E-state index in [1.54, 1.807) is 5.56 Å². The second-order valence-electron chi connectivity index (χ2n) is 19.9. The van der Waals surface area contributed by atoms with E-state index >= 15 is 0 Å². The summed E-state index contributed by atoms with van der Waals surface area (Å²) >= 11 is 0. The van der Waals surface area contributed by atoms with Crippen LogP contribution in [0.5, 0.6) is 0 Å². The minimum Gasteiger partial charge on any atom is -0.309 e. The molecule has 1 aromatic heterocycles. The lowest BCUT2D eigenvalue weighted by Gasteiger charge is -2.54. The van der Waals surface area contributed by atoms with Crippen molar-refractivity contribution in [2.24, 2.45) is 23.7 Å². The Balaban J connectivity index is 1.12. The summed E-state index contributed by atoms with van der Waals surface area (Å²) in [6.45, 7) is 5.11. The third-order valence-corrected chi connectivity index (χ3v) is 16.1. The van der Waals surface area contributed by atoms with E-state index in [0.29, 0.717) is 11.8 Å². The van der Waals surface area contributed by atoms with Gasteiger partial charge in [0, 0.05) is 38.7 Å². The second kappa shape index (κ2) is 15.9. The molecule has 13 rings (SSSR count). The average molecular weight is 863 g/mol. The monoisotopic (exact) mass is 862 g/mol. The highest BCUT2D eigenvalue weighted by atomic mass is 15.1. The Labute approximate surface area is 394 Å². The number of para-hydroxylation sites is 3. The van der Waals surface area contributed by atoms with Gasteiger partial charge in [0.25, 0.3) is 0 Å². The van der Waals surface area contributed by atoms with Gasteiger partial charge < -0.3 is 9.47 Å². The lowest BCUT2D eigenvalue weighted by atomic mass is 9.49. The molecule has 2 nitrogen and oxygen atoms in total. The molecule has 0 radical (unpaired) electrons. The van der Waals surface area contributed by atoms with E-state index in [-0.39, 0.29) is 5.41 Å². The molecule has 2 saturated carbocycles. The molecule has 5 unspecified atom stereocenters. The molecule has 1 heterocycles. The molecule has 2 bridgehead atoms. The fourth-order valence-electron chi connectivity index (χ4n) is 13.5. The molecule has 10 aromatic rings. The number of rotatable bonds is 7. The molecule has 67 heavy (non-hydrogen) atoms. The molecule has 5 atom stereocenters. The normalized spacial score (nSPS) is 20.5. The van der Waals surface area contributed by atoms with Crippen molar-refractivity contribution in [1.82, 2.24) is 4.57 Å². The molecule has 2 fully saturated rings. The first kappa shape index (κ1) is 39.9. The van der Waals surface area contributed by atoms with Gasteiger partial charge in [-0.05, 0) is 155 Å². The highest BCUT2D eigenvalue weighted by Crippen LogP contribution is 2.66. The quantitative estimate of drug-likeness (QED) is 0.155. The first-order valence-corrected chi connectivity index (χ1v) is 24.5. The SMILES string of the molecule is CC1CC2CC(C)C3(c4ccccc4-c4cc(-c5ccc6c(c5)c5ccccc5n6-c5ccccc5)c(N(c5ccc(-c6ccccc6)cc5)c5ccccc5-c5ccccc5)cc43)C(C1)C2. The fraction of sp³-hybridized carbons (Fsp3) is 0.169. The Morgan fingerprint density at radius 1 is 0.418 bits per heavy atom. The van der Waals surface area contributed by atoms with E-state index in [9.17, 15) is 0 Å². The van der Waals surface area contributed by atoms with Crippen LogP contribution in [0.1, 0.15) is 50.7 Å². The van der Waals surface area contributed by atoms with Crippen LogP contribution in [0.15, 0.2) is 218 Å². The molecule has 0 aliphatic heterocycles. The number of aromatic nitrogens is 1. The van der Waals surface area contributed by atoms with Crippen molar-refractivity contribution in [3.8, 4) is 50.2 Å². The fourth-order valence-corrected chi connectivity index (χ4v) is 13.5. The predicted molar refractivity (Wildman–Crippen MR) is 282 cm³/mol. The van der Waals surface area contributed by atoms with Gasteiger partial charge in [0.15, 0.2) is 0 Å². The van der Waals surface area contributed by atoms with Crippen LogP contribution in [0.3, 0.4) is 0 Å². The van der Waals surface area contributed by atoms with Gasteiger partial charge in [-0.2, -0.15) is 0 Å². The summed E-state index contributed by atoms with van der Waals surface area (Å²) in [6.07, 6.45) is 5.22. The lowest BCUT2D eigenvalue weighted by Crippen LogP contribution is -2.49. The van der Waals surface area contributed by atoms with Gasteiger partial charge in [-0.3, -0.25) is 0 Å². The number of fused-ring (bicyclic) bond motifs is 11. The Kier molecular flexibility index (Phi) is 9.46. The van der Waals surface area contributed by atoms with Crippen LogP contribution < -0.4 is 4.90 Å². The summed E-state index contributed by atoms with van der Waals surface area (Å²) in [7, 11) is 0. The van der Waals surface area contributed by atoms with Crippen molar-refractivity contribution in [3.63, 3.8) is 0 Å². The van der Waals surface area contributed by atoms with Crippen molar-refractivity contribution in [2.45, 2.75) is 44.9 Å². The zero-order valence-corrected chi connectivity index (χ0v) is 38.3. The Bertz CT molecular complexity index is 3450. The van der Waals surface area contributed by atoms with E-state index in [1.807, 2.05) is 0 Å². The Morgan fingerprint density at radius 2 is 1.04 bits per heavy atom. The van der Waals surface area contributed by atoms with Crippen LogP contribution in [0.2, 0.25) is 0 Å². The number of nitrogens with zero attached hydrogens (tertiary/aromatic N) is 2. The first-order chi connectivity index (χ1) is 33.0. The highest BCUT2D eigenvalue weighted by Gasteiger charge is 2.57. The molecule has 1 spiro atoms. The van der Waals surface area contributed by atoms with Gasteiger partial charge in [0.1, 0.15) is 0 Å². The van der Waals surface area contributed by atoms with Crippen molar-refractivity contribution in [3.05, 3.63) is 230 Å². The number of hydrogen-bond acceptors (Lipinski definition) is 1. The summed E-state index contributed by atoms with van der Waals surface area (Å²) in [5.41, 5.74) is 20.2. The van der Waals surface area contributed by atoms with E-state index < -0.39 is 0 Å². The summed E-state index contributed by atoms with van der Waals surface area (Å²) < 4.78 is 2.43. The summed E-state index contributed by atoms with van der Waals surface area (Å²) in [6, 6.07) is 81.9. The van der Waals surface area contributed by atoms with Crippen molar-refractivity contribution >= 4 is 38.9 Å². The minimum absolute atomic E-state index is 0.0702. The van der Waals surface area contributed by atoms with Crippen LogP contribution in [0.25, 0.3) is 72.0 Å². The molecular weight excluding hydrogens is 809 g/mol. The minimum atomic E-state index is -0.0702. The largest absolute Gasteiger partial charge is 0.309 e. The maximum absolute atomic E-state index is 2.69. The summed E-state index contributed by atoms with van der Waals surface area (Å²) in [5.74, 6) is 2.62. The van der Waals surface area contributed by atoms with Crippen molar-refractivity contribution in [2.75, 3.05) is 4.90 Å². The van der Waals surface area contributed by atoms with Crippen molar-refractivity contribution in [1.29, 1.82) is 0 Å². The zero-order chi connectivity index (χ0) is 44.6. The van der Waals surface area contributed by atoms with E-state index in [0.717, 1.165) is 23.2 Å². The van der Waals surface area contributed by atoms with Crippen LogP contribution >= 0.6 is 0 Å².